The molecule has 5 nitrogen and oxygen atoms in total. The summed E-state index contributed by atoms with van der Waals surface area (Å²) in [5, 5.41) is 15.0. The van der Waals surface area contributed by atoms with Crippen molar-refractivity contribution in [3.05, 3.63) is 87.4 Å². The van der Waals surface area contributed by atoms with E-state index in [1.165, 1.54) is 22.9 Å². The SMILES string of the molecule is O=c1ccc(-c2ccc(F)cc2)nn1CC(O)COCc1ccccc1Cl. The molecular weight excluding hydrogens is 371 g/mol. The lowest BCUT2D eigenvalue weighted by Gasteiger charge is -2.13. The number of hydrogen-bond acceptors (Lipinski definition) is 4. The van der Waals surface area contributed by atoms with Crippen molar-refractivity contribution in [1.82, 2.24) is 9.78 Å². The Hall–Kier alpha value is -2.54. The van der Waals surface area contributed by atoms with Crippen LogP contribution in [0.15, 0.2) is 65.5 Å². The third-order valence-corrected chi connectivity index (χ3v) is 4.28. The minimum absolute atomic E-state index is 0.0175. The van der Waals surface area contributed by atoms with E-state index in [1.807, 2.05) is 18.2 Å². The van der Waals surface area contributed by atoms with Gasteiger partial charge in [0.1, 0.15) is 5.82 Å². The van der Waals surface area contributed by atoms with Crippen molar-refractivity contribution in [2.75, 3.05) is 6.61 Å². The number of halogens is 2. The van der Waals surface area contributed by atoms with Crippen molar-refractivity contribution in [3.8, 4) is 11.3 Å². The molecule has 1 N–H and O–H groups in total. The first-order valence-corrected chi connectivity index (χ1v) is 8.74. The molecule has 7 heteroatoms. The summed E-state index contributed by atoms with van der Waals surface area (Å²) in [7, 11) is 0. The van der Waals surface area contributed by atoms with Crippen LogP contribution >= 0.6 is 11.6 Å². The Labute approximate surface area is 160 Å². The number of hydrogen-bond donors (Lipinski definition) is 1. The first-order chi connectivity index (χ1) is 13.0. The van der Waals surface area contributed by atoms with E-state index < -0.39 is 6.10 Å². The zero-order valence-corrected chi connectivity index (χ0v) is 15.1. The van der Waals surface area contributed by atoms with E-state index in [0.29, 0.717) is 16.3 Å². The highest BCUT2D eigenvalue weighted by Gasteiger charge is 2.10. The molecule has 0 saturated heterocycles. The highest BCUT2D eigenvalue weighted by molar-refractivity contribution is 6.31. The van der Waals surface area contributed by atoms with Crippen LogP contribution in [0.4, 0.5) is 4.39 Å². The van der Waals surface area contributed by atoms with Gasteiger partial charge in [-0.05, 0) is 42.0 Å². The maximum absolute atomic E-state index is 13.1. The van der Waals surface area contributed by atoms with Crippen molar-refractivity contribution in [2.24, 2.45) is 0 Å². The summed E-state index contributed by atoms with van der Waals surface area (Å²) in [4.78, 5) is 12.0. The molecular formula is C20H18ClFN2O3. The fourth-order valence-corrected chi connectivity index (χ4v) is 2.72. The molecule has 0 bridgehead atoms. The molecule has 2 aromatic carbocycles. The monoisotopic (exact) mass is 388 g/mol. The van der Waals surface area contributed by atoms with Gasteiger partial charge in [-0.25, -0.2) is 9.07 Å². The second-order valence-corrected chi connectivity index (χ2v) is 6.41. The molecule has 27 heavy (non-hydrogen) atoms. The number of nitrogens with zero attached hydrogens (tertiary/aromatic N) is 2. The molecule has 0 radical (unpaired) electrons. The molecule has 0 amide bonds. The van der Waals surface area contributed by atoms with Gasteiger partial charge in [0.05, 0.1) is 31.6 Å². The van der Waals surface area contributed by atoms with Gasteiger partial charge in [0.15, 0.2) is 0 Å². The molecule has 0 spiro atoms. The number of aromatic nitrogens is 2. The zero-order chi connectivity index (χ0) is 19.2. The molecule has 0 saturated carbocycles. The lowest BCUT2D eigenvalue weighted by Crippen LogP contribution is -2.30. The molecule has 0 aliphatic carbocycles. The van der Waals surface area contributed by atoms with Crippen LogP contribution in [0.2, 0.25) is 5.02 Å². The van der Waals surface area contributed by atoms with Gasteiger partial charge >= 0.3 is 0 Å². The predicted octanol–water partition coefficient (Wildman–Crippen LogP) is 3.28. The number of benzene rings is 2. The number of aliphatic hydroxyl groups excluding tert-OH is 1. The van der Waals surface area contributed by atoms with E-state index in [4.69, 9.17) is 16.3 Å². The highest BCUT2D eigenvalue weighted by atomic mass is 35.5. The summed E-state index contributed by atoms with van der Waals surface area (Å²) in [5.41, 5.74) is 1.67. The normalized spacial score (nSPS) is 12.1. The third-order valence-electron chi connectivity index (χ3n) is 3.92. The van der Waals surface area contributed by atoms with Gasteiger partial charge in [-0.2, -0.15) is 5.10 Å². The van der Waals surface area contributed by atoms with E-state index in [9.17, 15) is 14.3 Å². The molecule has 1 unspecified atom stereocenters. The predicted molar refractivity (Wildman–Crippen MR) is 101 cm³/mol. The average Bonchev–Trinajstić information content (AvgIpc) is 2.66. The lowest BCUT2D eigenvalue weighted by atomic mass is 10.1. The van der Waals surface area contributed by atoms with E-state index in [2.05, 4.69) is 5.10 Å². The summed E-state index contributed by atoms with van der Waals surface area (Å²) in [6.07, 6.45) is -0.916. The Kier molecular flexibility index (Phi) is 6.34. The summed E-state index contributed by atoms with van der Waals surface area (Å²) >= 11 is 6.05. The summed E-state index contributed by atoms with van der Waals surface area (Å²) < 4.78 is 19.7. The van der Waals surface area contributed by atoms with Crippen molar-refractivity contribution >= 4 is 11.6 Å². The topological polar surface area (TPSA) is 64.4 Å². The van der Waals surface area contributed by atoms with Gasteiger partial charge in [0.25, 0.3) is 5.56 Å². The molecule has 0 fully saturated rings. The fourth-order valence-electron chi connectivity index (χ4n) is 2.53. The quantitative estimate of drug-likeness (QED) is 0.674. The van der Waals surface area contributed by atoms with Crippen molar-refractivity contribution in [2.45, 2.75) is 19.3 Å². The van der Waals surface area contributed by atoms with E-state index >= 15 is 0 Å². The van der Waals surface area contributed by atoms with Gasteiger partial charge in [-0.3, -0.25) is 4.79 Å². The Bertz CT molecular complexity index is 960. The Morgan fingerprint density at radius 3 is 2.59 bits per heavy atom. The van der Waals surface area contributed by atoms with E-state index in [0.717, 1.165) is 5.56 Å². The van der Waals surface area contributed by atoms with Gasteiger partial charge < -0.3 is 9.84 Å². The van der Waals surface area contributed by atoms with Crippen molar-refractivity contribution < 1.29 is 14.2 Å². The van der Waals surface area contributed by atoms with Crippen LogP contribution in [-0.2, 0) is 17.9 Å². The molecule has 140 valence electrons. The highest BCUT2D eigenvalue weighted by Crippen LogP contribution is 2.17. The van der Waals surface area contributed by atoms with Gasteiger partial charge in [0.2, 0.25) is 0 Å². The standard InChI is InChI=1S/C20H18ClFN2O3/c21-18-4-2-1-3-15(18)12-27-13-17(25)11-24-20(26)10-9-19(23-24)14-5-7-16(22)8-6-14/h1-10,17,25H,11-13H2. The Morgan fingerprint density at radius 1 is 1.11 bits per heavy atom. The average molecular weight is 389 g/mol. The minimum atomic E-state index is -0.916. The van der Waals surface area contributed by atoms with Crippen LogP contribution in [0.25, 0.3) is 11.3 Å². The third kappa shape index (κ3) is 5.23. The number of aliphatic hydroxyl groups is 1. The van der Waals surface area contributed by atoms with Crippen LogP contribution < -0.4 is 5.56 Å². The van der Waals surface area contributed by atoms with Crippen LogP contribution in [0.3, 0.4) is 0 Å². The smallest absolute Gasteiger partial charge is 0.266 e. The fraction of sp³-hybridized carbons (Fsp3) is 0.200. The van der Waals surface area contributed by atoms with Gasteiger partial charge in [-0.1, -0.05) is 29.8 Å². The Morgan fingerprint density at radius 2 is 1.85 bits per heavy atom. The second-order valence-electron chi connectivity index (χ2n) is 6.01. The maximum atomic E-state index is 13.1. The lowest BCUT2D eigenvalue weighted by molar-refractivity contribution is 0.0181. The molecule has 0 aliphatic rings. The molecule has 3 aromatic rings. The van der Waals surface area contributed by atoms with Crippen LogP contribution in [0, 0.1) is 5.82 Å². The molecule has 0 aliphatic heterocycles. The van der Waals surface area contributed by atoms with Crippen LogP contribution in [0.5, 0.6) is 0 Å². The first-order valence-electron chi connectivity index (χ1n) is 8.36. The van der Waals surface area contributed by atoms with Crippen molar-refractivity contribution in [3.63, 3.8) is 0 Å². The summed E-state index contributed by atoms with van der Waals surface area (Å²) in [6, 6.07) is 16.0. The van der Waals surface area contributed by atoms with E-state index in [-0.39, 0.29) is 31.1 Å². The summed E-state index contributed by atoms with van der Waals surface area (Å²) in [6.45, 7) is 0.269. The molecule has 1 atom stereocenters. The molecule has 1 heterocycles. The Balaban J connectivity index is 1.62. The van der Waals surface area contributed by atoms with Crippen molar-refractivity contribution in [1.29, 1.82) is 0 Å². The second kappa shape index (κ2) is 8.90. The van der Waals surface area contributed by atoms with Crippen LogP contribution in [-0.4, -0.2) is 27.6 Å². The molecule has 1 aromatic heterocycles. The minimum Gasteiger partial charge on any atom is -0.389 e. The number of ether oxygens (including phenoxy) is 1. The van der Waals surface area contributed by atoms with Crippen LogP contribution in [0.1, 0.15) is 5.56 Å². The molecule has 3 rings (SSSR count). The largest absolute Gasteiger partial charge is 0.389 e. The summed E-state index contributed by atoms with van der Waals surface area (Å²) in [5.74, 6) is -0.349. The van der Waals surface area contributed by atoms with Gasteiger partial charge in [0, 0.05) is 16.7 Å². The van der Waals surface area contributed by atoms with E-state index in [1.54, 1.807) is 24.3 Å². The maximum Gasteiger partial charge on any atom is 0.266 e. The first kappa shape index (κ1) is 19.2. The van der Waals surface area contributed by atoms with Gasteiger partial charge in [-0.15, -0.1) is 0 Å². The zero-order valence-electron chi connectivity index (χ0n) is 14.4. The number of rotatable bonds is 7.